The Morgan fingerprint density at radius 3 is 2.35 bits per heavy atom. The van der Waals surface area contributed by atoms with Crippen LogP contribution >= 0.6 is 12.4 Å². The van der Waals surface area contributed by atoms with Crippen molar-refractivity contribution in [3.05, 3.63) is 53.6 Å². The van der Waals surface area contributed by atoms with Crippen LogP contribution in [0.5, 0.6) is 0 Å². The number of benzene rings is 2. The highest BCUT2D eigenvalue weighted by Crippen LogP contribution is 2.40. The fourth-order valence-corrected chi connectivity index (χ4v) is 2.56. The molecule has 0 saturated heterocycles. The molecule has 2 aromatic carbocycles. The predicted octanol–water partition coefficient (Wildman–Crippen LogP) is 3.75. The van der Waals surface area contributed by atoms with Crippen LogP contribution < -0.4 is 4.90 Å². The molecule has 0 aliphatic heterocycles. The van der Waals surface area contributed by atoms with Crippen molar-refractivity contribution in [2.24, 2.45) is 0 Å². The molecule has 0 unspecified atom stereocenters. The van der Waals surface area contributed by atoms with Gasteiger partial charge in [-0.1, -0.05) is 36.4 Å². The Hall–Kier alpha value is -1.47. The van der Waals surface area contributed by atoms with Crippen molar-refractivity contribution in [1.29, 1.82) is 0 Å². The Kier molecular flexibility index (Phi) is 3.12. The van der Waals surface area contributed by atoms with Crippen LogP contribution in [0, 0.1) is 0 Å². The van der Waals surface area contributed by atoms with E-state index in [-0.39, 0.29) is 12.4 Å². The van der Waals surface area contributed by atoms with Gasteiger partial charge < -0.3 is 4.90 Å². The van der Waals surface area contributed by atoms with E-state index in [4.69, 9.17) is 0 Å². The van der Waals surface area contributed by atoms with Crippen molar-refractivity contribution in [3.63, 3.8) is 0 Å². The van der Waals surface area contributed by atoms with Gasteiger partial charge in [0, 0.05) is 26.2 Å². The van der Waals surface area contributed by atoms with Gasteiger partial charge in [0.05, 0.1) is 0 Å². The maximum atomic E-state index is 2.23. The van der Waals surface area contributed by atoms with Gasteiger partial charge in [0.15, 0.2) is 0 Å². The predicted molar refractivity (Wildman–Crippen MR) is 76.3 cm³/mol. The zero-order chi connectivity index (χ0) is 11.1. The largest absolute Gasteiger partial charge is 0.377 e. The summed E-state index contributed by atoms with van der Waals surface area (Å²) in [6.45, 7) is 0. The van der Waals surface area contributed by atoms with Crippen molar-refractivity contribution in [2.45, 2.75) is 6.42 Å². The minimum atomic E-state index is 0. The summed E-state index contributed by atoms with van der Waals surface area (Å²) in [4.78, 5) is 2.20. The van der Waals surface area contributed by atoms with Crippen LogP contribution in [-0.4, -0.2) is 14.1 Å². The Bertz CT molecular complexity index is 546. The summed E-state index contributed by atoms with van der Waals surface area (Å²) in [7, 11) is 4.22. The summed E-state index contributed by atoms with van der Waals surface area (Å²) in [6.07, 6.45) is 1.07. The van der Waals surface area contributed by atoms with Crippen molar-refractivity contribution in [1.82, 2.24) is 0 Å². The molecule has 2 aromatic rings. The number of nitrogens with zero attached hydrogens (tertiary/aromatic N) is 1. The average molecular weight is 246 g/mol. The third-order valence-electron chi connectivity index (χ3n) is 3.31. The third kappa shape index (κ3) is 1.81. The number of halogens is 1. The Labute approximate surface area is 108 Å². The molecule has 1 aliphatic carbocycles. The topological polar surface area (TPSA) is 3.24 Å². The van der Waals surface area contributed by atoms with E-state index < -0.39 is 0 Å². The highest BCUT2D eigenvalue weighted by molar-refractivity contribution is 5.85. The molecule has 17 heavy (non-hydrogen) atoms. The molecule has 0 fully saturated rings. The molecule has 88 valence electrons. The van der Waals surface area contributed by atoms with Crippen molar-refractivity contribution >= 4 is 18.1 Å². The molecule has 0 bridgehead atoms. The van der Waals surface area contributed by atoms with Crippen LogP contribution in [0.25, 0.3) is 11.1 Å². The van der Waals surface area contributed by atoms with E-state index in [9.17, 15) is 0 Å². The van der Waals surface area contributed by atoms with Crippen LogP contribution in [0.2, 0.25) is 0 Å². The molecule has 0 saturated carbocycles. The highest BCUT2D eigenvalue weighted by atomic mass is 35.5. The first-order valence-corrected chi connectivity index (χ1v) is 5.65. The van der Waals surface area contributed by atoms with Gasteiger partial charge in [-0.05, 0) is 28.3 Å². The minimum absolute atomic E-state index is 0. The lowest BCUT2D eigenvalue weighted by molar-refractivity contribution is 1.10. The molecule has 1 nitrogen and oxygen atoms in total. The first-order valence-electron chi connectivity index (χ1n) is 5.65. The van der Waals surface area contributed by atoms with E-state index >= 15 is 0 Å². The second kappa shape index (κ2) is 4.42. The van der Waals surface area contributed by atoms with E-state index in [1.807, 2.05) is 0 Å². The Morgan fingerprint density at radius 2 is 1.59 bits per heavy atom. The molecule has 0 radical (unpaired) electrons. The van der Waals surface area contributed by atoms with E-state index in [2.05, 4.69) is 61.5 Å². The molecule has 0 amide bonds. The van der Waals surface area contributed by atoms with Gasteiger partial charge in [-0.2, -0.15) is 0 Å². The summed E-state index contributed by atoms with van der Waals surface area (Å²) < 4.78 is 0. The van der Waals surface area contributed by atoms with Gasteiger partial charge in [0.25, 0.3) is 0 Å². The molecule has 0 atom stereocenters. The van der Waals surface area contributed by atoms with Gasteiger partial charge in [0.1, 0.15) is 0 Å². The molecule has 0 N–H and O–H groups in total. The van der Waals surface area contributed by atoms with E-state index in [1.54, 1.807) is 0 Å². The van der Waals surface area contributed by atoms with Gasteiger partial charge >= 0.3 is 0 Å². The van der Waals surface area contributed by atoms with Crippen LogP contribution in [-0.2, 0) is 6.42 Å². The number of rotatable bonds is 1. The first kappa shape index (κ1) is 12.0. The Balaban J connectivity index is 0.00000108. The molecular weight excluding hydrogens is 230 g/mol. The Morgan fingerprint density at radius 1 is 0.882 bits per heavy atom. The second-order valence-electron chi connectivity index (χ2n) is 4.53. The lowest BCUT2D eigenvalue weighted by Gasteiger charge is -2.16. The van der Waals surface area contributed by atoms with E-state index in [0.717, 1.165) is 6.42 Å². The molecule has 3 rings (SSSR count). The quantitative estimate of drug-likeness (QED) is 0.631. The average Bonchev–Trinajstić information content (AvgIpc) is 2.67. The SMILES string of the molecule is CN(C)c1cccc2c1Cc1ccccc1-2.Cl. The standard InChI is InChI=1S/C15H15N.ClH/c1-16(2)15-9-5-8-13-12-7-4-3-6-11(12)10-14(13)15;/h3-9H,10H2,1-2H3;1H. The smallest absolute Gasteiger partial charge is 0.0403 e. The van der Waals surface area contributed by atoms with Gasteiger partial charge in [-0.15, -0.1) is 12.4 Å². The summed E-state index contributed by atoms with van der Waals surface area (Å²) in [5.41, 5.74) is 7.07. The van der Waals surface area contributed by atoms with Crippen molar-refractivity contribution in [3.8, 4) is 11.1 Å². The fourth-order valence-electron chi connectivity index (χ4n) is 2.56. The lowest BCUT2D eigenvalue weighted by atomic mass is 10.0. The third-order valence-corrected chi connectivity index (χ3v) is 3.31. The number of anilines is 1. The van der Waals surface area contributed by atoms with Gasteiger partial charge in [-0.3, -0.25) is 0 Å². The molecule has 0 aromatic heterocycles. The zero-order valence-corrected chi connectivity index (χ0v) is 10.9. The molecule has 1 aliphatic rings. The summed E-state index contributed by atoms with van der Waals surface area (Å²) >= 11 is 0. The minimum Gasteiger partial charge on any atom is -0.377 e. The summed E-state index contributed by atoms with van der Waals surface area (Å²) in [5, 5.41) is 0. The second-order valence-corrected chi connectivity index (χ2v) is 4.53. The molecule has 0 spiro atoms. The maximum Gasteiger partial charge on any atom is 0.0403 e. The zero-order valence-electron chi connectivity index (χ0n) is 10.1. The van der Waals surface area contributed by atoms with E-state index in [0.29, 0.717) is 0 Å². The van der Waals surface area contributed by atoms with Gasteiger partial charge in [0.2, 0.25) is 0 Å². The molecule has 2 heteroatoms. The highest BCUT2D eigenvalue weighted by Gasteiger charge is 2.20. The lowest BCUT2D eigenvalue weighted by Crippen LogP contribution is -2.10. The van der Waals surface area contributed by atoms with Crippen LogP contribution in [0.1, 0.15) is 11.1 Å². The molecular formula is C15H16ClN. The van der Waals surface area contributed by atoms with E-state index in [1.165, 1.54) is 27.9 Å². The van der Waals surface area contributed by atoms with Crippen LogP contribution in [0.3, 0.4) is 0 Å². The number of hydrogen-bond donors (Lipinski definition) is 0. The fraction of sp³-hybridized carbons (Fsp3) is 0.200. The normalized spacial score (nSPS) is 11.4. The molecule has 0 heterocycles. The van der Waals surface area contributed by atoms with Crippen molar-refractivity contribution < 1.29 is 0 Å². The monoisotopic (exact) mass is 245 g/mol. The summed E-state index contributed by atoms with van der Waals surface area (Å²) in [6, 6.07) is 15.3. The van der Waals surface area contributed by atoms with Crippen LogP contribution in [0.4, 0.5) is 5.69 Å². The van der Waals surface area contributed by atoms with Crippen LogP contribution in [0.15, 0.2) is 42.5 Å². The maximum absolute atomic E-state index is 2.23. The number of hydrogen-bond acceptors (Lipinski definition) is 1. The first-order chi connectivity index (χ1) is 7.77. The number of fused-ring (bicyclic) bond motifs is 3. The van der Waals surface area contributed by atoms with Crippen molar-refractivity contribution in [2.75, 3.05) is 19.0 Å². The summed E-state index contributed by atoms with van der Waals surface area (Å²) in [5.74, 6) is 0. The van der Waals surface area contributed by atoms with Gasteiger partial charge in [-0.25, -0.2) is 0 Å².